The number of amides is 1. The smallest absolute Gasteiger partial charge is 0.224 e. The molecule has 5 nitrogen and oxygen atoms in total. The summed E-state index contributed by atoms with van der Waals surface area (Å²) in [6.07, 6.45) is 0.457. The van der Waals surface area contributed by atoms with Gasteiger partial charge in [0.05, 0.1) is 11.6 Å². The zero-order chi connectivity index (χ0) is 18.2. The van der Waals surface area contributed by atoms with Gasteiger partial charge in [-0.25, -0.2) is 0 Å². The second-order valence-electron chi connectivity index (χ2n) is 6.07. The number of anilines is 1. The molecule has 128 valence electrons. The lowest BCUT2D eigenvalue weighted by atomic mass is 10.1. The normalized spacial score (nSPS) is 10.2. The quantitative estimate of drug-likeness (QED) is 0.780. The molecule has 0 radical (unpaired) electrons. The van der Waals surface area contributed by atoms with Gasteiger partial charge in [0.1, 0.15) is 5.75 Å². The van der Waals surface area contributed by atoms with Crippen LogP contribution in [0.15, 0.2) is 48.5 Å². The summed E-state index contributed by atoms with van der Waals surface area (Å²) >= 11 is 0. The molecule has 0 bridgehead atoms. The Morgan fingerprint density at radius 2 is 1.72 bits per heavy atom. The first-order valence-corrected chi connectivity index (χ1v) is 8.04. The summed E-state index contributed by atoms with van der Waals surface area (Å²) in [5, 5.41) is 11.5. The third-order valence-electron chi connectivity index (χ3n) is 3.44. The lowest BCUT2D eigenvalue weighted by Crippen LogP contribution is -2.14. The lowest BCUT2D eigenvalue weighted by Gasteiger charge is -2.08. The lowest BCUT2D eigenvalue weighted by molar-refractivity contribution is -0.116. The molecule has 5 heteroatoms. The molecule has 0 atom stereocenters. The summed E-state index contributed by atoms with van der Waals surface area (Å²) in [6, 6.07) is 15.3. The fraction of sp³-hybridized carbons (Fsp3) is 0.250. The maximum absolute atomic E-state index is 12.2. The van der Waals surface area contributed by atoms with Crippen molar-refractivity contribution in [3.05, 3.63) is 59.7 Å². The van der Waals surface area contributed by atoms with E-state index in [4.69, 9.17) is 10.00 Å². The number of ketones is 1. The number of Topliss-reactive ketones (excluding diaryl/α,β-unsaturated/α-hetero) is 1. The van der Waals surface area contributed by atoms with Gasteiger partial charge in [-0.05, 0) is 54.4 Å². The zero-order valence-electron chi connectivity index (χ0n) is 14.3. The third-order valence-corrected chi connectivity index (χ3v) is 3.44. The molecule has 2 aromatic rings. The summed E-state index contributed by atoms with van der Waals surface area (Å²) in [7, 11) is 0. The average Bonchev–Trinajstić information content (AvgIpc) is 2.60. The minimum Gasteiger partial charge on any atom is -0.485 e. The van der Waals surface area contributed by atoms with Crippen LogP contribution >= 0.6 is 0 Å². The van der Waals surface area contributed by atoms with E-state index in [0.29, 0.717) is 34.9 Å². The molecule has 0 aromatic heterocycles. The minimum absolute atomic E-state index is 0.0433. The van der Waals surface area contributed by atoms with E-state index in [9.17, 15) is 9.59 Å². The van der Waals surface area contributed by atoms with Gasteiger partial charge in [0, 0.05) is 17.7 Å². The van der Waals surface area contributed by atoms with Crippen LogP contribution < -0.4 is 10.1 Å². The fourth-order valence-electron chi connectivity index (χ4n) is 2.18. The van der Waals surface area contributed by atoms with Crippen LogP contribution in [0.3, 0.4) is 0 Å². The Balaban J connectivity index is 1.89. The number of hydrogen-bond acceptors (Lipinski definition) is 4. The largest absolute Gasteiger partial charge is 0.485 e. The molecule has 0 aliphatic rings. The van der Waals surface area contributed by atoms with Crippen molar-refractivity contribution in [3.63, 3.8) is 0 Å². The van der Waals surface area contributed by atoms with Crippen molar-refractivity contribution in [2.45, 2.75) is 20.3 Å². The summed E-state index contributed by atoms with van der Waals surface area (Å²) in [4.78, 5) is 23.9. The molecule has 0 aliphatic carbocycles. The van der Waals surface area contributed by atoms with Crippen molar-refractivity contribution < 1.29 is 14.3 Å². The van der Waals surface area contributed by atoms with Crippen LogP contribution in [0.25, 0.3) is 0 Å². The number of rotatable bonds is 7. The second kappa shape index (κ2) is 8.65. The summed E-state index contributed by atoms with van der Waals surface area (Å²) in [6.45, 7) is 3.87. The zero-order valence-corrected chi connectivity index (χ0v) is 14.3. The van der Waals surface area contributed by atoms with E-state index in [2.05, 4.69) is 5.32 Å². The predicted octanol–water partition coefficient (Wildman–Crippen LogP) is 3.80. The summed E-state index contributed by atoms with van der Waals surface area (Å²) in [5.41, 5.74) is 1.71. The number of benzene rings is 2. The van der Waals surface area contributed by atoms with Gasteiger partial charge in [0.15, 0.2) is 12.4 Å². The van der Waals surface area contributed by atoms with E-state index in [0.717, 1.165) is 0 Å². The van der Waals surface area contributed by atoms with Crippen LogP contribution in [0.4, 0.5) is 5.69 Å². The number of nitriles is 1. The number of carbonyl (C=O) groups excluding carboxylic acids is 2. The van der Waals surface area contributed by atoms with E-state index in [1.165, 1.54) is 0 Å². The molecule has 0 aliphatic heterocycles. The number of carbonyl (C=O) groups is 2. The van der Waals surface area contributed by atoms with Gasteiger partial charge in [-0.1, -0.05) is 13.8 Å². The topological polar surface area (TPSA) is 79.2 Å². The van der Waals surface area contributed by atoms with Crippen molar-refractivity contribution in [2.24, 2.45) is 5.92 Å². The van der Waals surface area contributed by atoms with Crippen molar-refractivity contribution in [3.8, 4) is 11.8 Å². The van der Waals surface area contributed by atoms with Crippen LogP contribution in [0.1, 0.15) is 36.2 Å². The first kappa shape index (κ1) is 18.2. The average molecular weight is 336 g/mol. The molecule has 0 unspecified atom stereocenters. The van der Waals surface area contributed by atoms with E-state index in [1.807, 2.05) is 19.9 Å². The molecule has 2 aromatic carbocycles. The molecule has 0 saturated carbocycles. The van der Waals surface area contributed by atoms with E-state index >= 15 is 0 Å². The van der Waals surface area contributed by atoms with Crippen LogP contribution in [-0.4, -0.2) is 18.3 Å². The molecular formula is C20H20N2O3. The second-order valence-corrected chi connectivity index (χ2v) is 6.07. The molecule has 0 saturated heterocycles. The van der Waals surface area contributed by atoms with Gasteiger partial charge in [0.2, 0.25) is 5.91 Å². The van der Waals surface area contributed by atoms with Gasteiger partial charge in [-0.3, -0.25) is 9.59 Å². The van der Waals surface area contributed by atoms with E-state index < -0.39 is 0 Å². The van der Waals surface area contributed by atoms with Crippen LogP contribution in [0, 0.1) is 17.2 Å². The molecule has 0 fully saturated rings. The highest BCUT2D eigenvalue weighted by atomic mass is 16.5. The highest BCUT2D eigenvalue weighted by Gasteiger charge is 2.09. The van der Waals surface area contributed by atoms with Crippen molar-refractivity contribution in [1.29, 1.82) is 5.26 Å². The molecule has 1 amide bonds. The third kappa shape index (κ3) is 5.78. The van der Waals surface area contributed by atoms with E-state index in [1.54, 1.807) is 48.5 Å². The summed E-state index contributed by atoms with van der Waals surface area (Å²) in [5.74, 6) is 0.618. The Bertz CT molecular complexity index is 772. The molecule has 0 heterocycles. The van der Waals surface area contributed by atoms with Crippen molar-refractivity contribution in [1.82, 2.24) is 0 Å². The van der Waals surface area contributed by atoms with Crippen LogP contribution in [0.5, 0.6) is 5.75 Å². The molecule has 2 rings (SSSR count). The Morgan fingerprint density at radius 1 is 1.08 bits per heavy atom. The maximum atomic E-state index is 12.2. The Morgan fingerprint density at radius 3 is 2.28 bits per heavy atom. The number of nitrogens with one attached hydrogen (secondary N) is 1. The highest BCUT2D eigenvalue weighted by molar-refractivity contribution is 5.98. The number of hydrogen-bond donors (Lipinski definition) is 1. The SMILES string of the molecule is CC(C)CC(=O)Nc1ccc(C(=O)COc2ccc(C#N)cc2)cc1. The standard InChI is InChI=1S/C20H20N2O3/c1-14(2)11-20(24)22-17-7-5-16(6-8-17)19(23)13-25-18-9-3-15(12-21)4-10-18/h3-10,14H,11,13H2,1-2H3,(H,22,24). The Hall–Kier alpha value is -3.13. The van der Waals surface area contributed by atoms with Gasteiger partial charge < -0.3 is 10.1 Å². The fourth-order valence-corrected chi connectivity index (χ4v) is 2.18. The molecule has 25 heavy (non-hydrogen) atoms. The van der Waals surface area contributed by atoms with Gasteiger partial charge in [0.25, 0.3) is 0 Å². The first-order valence-electron chi connectivity index (χ1n) is 8.04. The Labute approximate surface area is 147 Å². The van der Waals surface area contributed by atoms with Crippen LogP contribution in [0.2, 0.25) is 0 Å². The van der Waals surface area contributed by atoms with Crippen molar-refractivity contribution in [2.75, 3.05) is 11.9 Å². The first-order chi connectivity index (χ1) is 12.0. The van der Waals surface area contributed by atoms with Gasteiger partial charge in [-0.2, -0.15) is 5.26 Å². The molecule has 1 N–H and O–H groups in total. The Kier molecular flexibility index (Phi) is 6.30. The van der Waals surface area contributed by atoms with Crippen molar-refractivity contribution >= 4 is 17.4 Å². The van der Waals surface area contributed by atoms with Gasteiger partial charge >= 0.3 is 0 Å². The van der Waals surface area contributed by atoms with Crippen LogP contribution in [-0.2, 0) is 4.79 Å². The van der Waals surface area contributed by atoms with Gasteiger partial charge in [-0.15, -0.1) is 0 Å². The highest BCUT2D eigenvalue weighted by Crippen LogP contribution is 2.14. The molecular weight excluding hydrogens is 316 g/mol. The monoisotopic (exact) mass is 336 g/mol. The molecule has 0 spiro atoms. The maximum Gasteiger partial charge on any atom is 0.224 e. The minimum atomic E-state index is -0.163. The predicted molar refractivity (Wildman–Crippen MR) is 95.5 cm³/mol. The van der Waals surface area contributed by atoms with E-state index in [-0.39, 0.29) is 18.3 Å². The number of ether oxygens (including phenoxy) is 1. The summed E-state index contributed by atoms with van der Waals surface area (Å²) < 4.78 is 5.43. The number of nitrogens with zero attached hydrogens (tertiary/aromatic N) is 1.